The third kappa shape index (κ3) is 3.27. The molecule has 1 aromatic heterocycles. The van der Waals surface area contributed by atoms with E-state index in [2.05, 4.69) is 4.98 Å². The summed E-state index contributed by atoms with van der Waals surface area (Å²) in [4.78, 5) is 16.3. The van der Waals surface area contributed by atoms with Gasteiger partial charge in [0.15, 0.2) is 0 Å². The fraction of sp³-hybridized carbons (Fsp3) is 0.333. The zero-order chi connectivity index (χ0) is 15.9. The van der Waals surface area contributed by atoms with E-state index in [1.54, 1.807) is 12.4 Å². The van der Waals surface area contributed by atoms with E-state index in [1.807, 2.05) is 51.1 Å². The van der Waals surface area contributed by atoms with E-state index in [1.165, 1.54) is 0 Å². The minimum Gasteiger partial charge on any atom is -0.466 e. The Hall–Kier alpha value is -2.36. The number of para-hydroxylation sites is 1. The summed E-state index contributed by atoms with van der Waals surface area (Å²) in [7, 11) is 0. The summed E-state index contributed by atoms with van der Waals surface area (Å²) < 4.78 is 11.1. The zero-order valence-electron chi connectivity index (χ0n) is 13.2. The van der Waals surface area contributed by atoms with Gasteiger partial charge in [-0.25, -0.2) is 0 Å². The SMILES string of the molecule is CC.CCOC(=O)C1Cc2cnccc2Oc2ccccc21. The van der Waals surface area contributed by atoms with Crippen LogP contribution in [0.3, 0.4) is 0 Å². The summed E-state index contributed by atoms with van der Waals surface area (Å²) in [5, 5.41) is 0. The molecule has 0 spiro atoms. The molecule has 0 bridgehead atoms. The lowest BCUT2D eigenvalue weighted by Crippen LogP contribution is -2.17. The van der Waals surface area contributed by atoms with Crippen LogP contribution in [0.25, 0.3) is 0 Å². The molecule has 2 aromatic rings. The Bertz CT molecular complexity index is 640. The second-order valence-corrected chi connectivity index (χ2v) is 4.63. The Balaban J connectivity index is 0.000000847. The number of carbonyl (C=O) groups is 1. The Morgan fingerprint density at radius 2 is 2.05 bits per heavy atom. The Labute approximate surface area is 131 Å². The number of carbonyl (C=O) groups excluding carboxylic acids is 1. The minimum atomic E-state index is -0.350. The van der Waals surface area contributed by atoms with Crippen LogP contribution >= 0.6 is 0 Å². The average Bonchev–Trinajstić information content (AvgIpc) is 2.73. The van der Waals surface area contributed by atoms with Gasteiger partial charge in [0.25, 0.3) is 0 Å². The number of hydrogen-bond donors (Lipinski definition) is 0. The van der Waals surface area contributed by atoms with E-state index in [0.29, 0.717) is 18.8 Å². The summed E-state index contributed by atoms with van der Waals surface area (Å²) in [6, 6.07) is 9.41. The highest BCUT2D eigenvalue weighted by atomic mass is 16.5. The van der Waals surface area contributed by atoms with Crippen molar-refractivity contribution in [3.8, 4) is 11.5 Å². The molecule has 0 radical (unpaired) electrons. The van der Waals surface area contributed by atoms with Gasteiger partial charge in [-0.15, -0.1) is 0 Å². The molecule has 4 heteroatoms. The van der Waals surface area contributed by atoms with Gasteiger partial charge in [-0.2, -0.15) is 0 Å². The van der Waals surface area contributed by atoms with Crippen LogP contribution < -0.4 is 4.74 Å². The summed E-state index contributed by atoms with van der Waals surface area (Å²) in [6.45, 7) is 6.19. The third-order valence-electron chi connectivity index (χ3n) is 3.37. The molecular formula is C18H21NO3. The van der Waals surface area contributed by atoms with E-state index in [4.69, 9.17) is 9.47 Å². The number of nitrogens with zero attached hydrogens (tertiary/aromatic N) is 1. The number of aromatic nitrogens is 1. The Kier molecular flexibility index (Phi) is 5.53. The van der Waals surface area contributed by atoms with Gasteiger partial charge in [0, 0.05) is 23.5 Å². The number of pyridine rings is 1. The van der Waals surface area contributed by atoms with Crippen molar-refractivity contribution < 1.29 is 14.3 Å². The third-order valence-corrected chi connectivity index (χ3v) is 3.37. The van der Waals surface area contributed by atoms with Crippen molar-refractivity contribution in [3.05, 3.63) is 53.9 Å². The van der Waals surface area contributed by atoms with Crippen molar-refractivity contribution in [2.75, 3.05) is 6.61 Å². The molecule has 4 nitrogen and oxygen atoms in total. The first kappa shape index (κ1) is 16.0. The molecular weight excluding hydrogens is 278 g/mol. The average molecular weight is 299 g/mol. The predicted octanol–water partition coefficient (Wildman–Crippen LogP) is 4.10. The lowest BCUT2D eigenvalue weighted by Gasteiger charge is -2.14. The first-order chi connectivity index (χ1) is 10.8. The predicted molar refractivity (Wildman–Crippen MR) is 85.2 cm³/mol. The fourth-order valence-corrected chi connectivity index (χ4v) is 2.43. The van der Waals surface area contributed by atoms with E-state index in [0.717, 1.165) is 16.9 Å². The number of benzene rings is 1. The fourth-order valence-electron chi connectivity index (χ4n) is 2.43. The summed E-state index contributed by atoms with van der Waals surface area (Å²) >= 11 is 0. The molecule has 1 aromatic carbocycles. The molecule has 1 aliphatic heterocycles. The summed E-state index contributed by atoms with van der Waals surface area (Å²) in [5.74, 6) is 0.881. The molecule has 0 fully saturated rings. The molecule has 0 saturated heterocycles. The van der Waals surface area contributed by atoms with E-state index in [9.17, 15) is 4.79 Å². The zero-order valence-corrected chi connectivity index (χ0v) is 13.2. The molecule has 0 N–H and O–H groups in total. The maximum atomic E-state index is 12.2. The van der Waals surface area contributed by atoms with Crippen LogP contribution in [0, 0.1) is 0 Å². The number of rotatable bonds is 2. The maximum absolute atomic E-state index is 12.2. The van der Waals surface area contributed by atoms with Crippen molar-refractivity contribution in [3.63, 3.8) is 0 Å². The largest absolute Gasteiger partial charge is 0.466 e. The van der Waals surface area contributed by atoms with Crippen molar-refractivity contribution in [2.45, 2.75) is 33.1 Å². The smallest absolute Gasteiger partial charge is 0.313 e. The second kappa shape index (κ2) is 7.59. The van der Waals surface area contributed by atoms with Crippen LogP contribution in [0.4, 0.5) is 0 Å². The van der Waals surface area contributed by atoms with Crippen LogP contribution in [0.15, 0.2) is 42.7 Å². The van der Waals surface area contributed by atoms with Crippen molar-refractivity contribution >= 4 is 5.97 Å². The molecule has 1 aliphatic rings. The van der Waals surface area contributed by atoms with Gasteiger partial charge in [-0.1, -0.05) is 32.0 Å². The monoisotopic (exact) mass is 299 g/mol. The van der Waals surface area contributed by atoms with Gasteiger partial charge in [0.1, 0.15) is 11.5 Å². The number of ether oxygens (including phenoxy) is 2. The standard InChI is InChI=1S/C16H15NO3.C2H6/c1-2-19-16(18)13-9-11-10-17-8-7-14(11)20-15-6-4-3-5-12(13)15;1-2/h3-8,10,13H,2,9H2,1H3;1-2H3. The van der Waals surface area contributed by atoms with Gasteiger partial charge < -0.3 is 9.47 Å². The molecule has 0 aliphatic carbocycles. The number of fused-ring (bicyclic) bond motifs is 2. The second-order valence-electron chi connectivity index (χ2n) is 4.63. The van der Waals surface area contributed by atoms with Crippen LogP contribution in [-0.4, -0.2) is 17.6 Å². The highest BCUT2D eigenvalue weighted by molar-refractivity contribution is 5.80. The molecule has 116 valence electrons. The van der Waals surface area contributed by atoms with Crippen LogP contribution in [0.5, 0.6) is 11.5 Å². The minimum absolute atomic E-state index is 0.222. The van der Waals surface area contributed by atoms with Gasteiger partial charge in [0.2, 0.25) is 0 Å². The summed E-state index contributed by atoms with van der Waals surface area (Å²) in [5.41, 5.74) is 1.78. The van der Waals surface area contributed by atoms with Crippen LogP contribution in [0.2, 0.25) is 0 Å². The molecule has 2 heterocycles. The van der Waals surface area contributed by atoms with E-state index in [-0.39, 0.29) is 11.9 Å². The van der Waals surface area contributed by atoms with Crippen LogP contribution in [-0.2, 0) is 16.0 Å². The number of hydrogen-bond acceptors (Lipinski definition) is 4. The molecule has 1 unspecified atom stereocenters. The van der Waals surface area contributed by atoms with Gasteiger partial charge in [-0.3, -0.25) is 9.78 Å². The lowest BCUT2D eigenvalue weighted by atomic mass is 9.92. The van der Waals surface area contributed by atoms with Gasteiger partial charge >= 0.3 is 5.97 Å². The number of esters is 1. The first-order valence-electron chi connectivity index (χ1n) is 7.66. The van der Waals surface area contributed by atoms with E-state index >= 15 is 0 Å². The van der Waals surface area contributed by atoms with Crippen molar-refractivity contribution in [2.24, 2.45) is 0 Å². The summed E-state index contributed by atoms with van der Waals surface area (Å²) in [6.07, 6.45) is 3.97. The first-order valence-corrected chi connectivity index (χ1v) is 7.66. The van der Waals surface area contributed by atoms with Crippen LogP contribution in [0.1, 0.15) is 37.8 Å². The maximum Gasteiger partial charge on any atom is 0.313 e. The highest BCUT2D eigenvalue weighted by Gasteiger charge is 2.29. The lowest BCUT2D eigenvalue weighted by molar-refractivity contribution is -0.144. The van der Waals surface area contributed by atoms with E-state index < -0.39 is 0 Å². The molecule has 3 rings (SSSR count). The molecule has 22 heavy (non-hydrogen) atoms. The normalized spacial score (nSPS) is 15.1. The molecule has 0 saturated carbocycles. The van der Waals surface area contributed by atoms with Gasteiger partial charge in [0.05, 0.1) is 12.5 Å². The Morgan fingerprint density at radius 3 is 2.82 bits per heavy atom. The molecule has 1 atom stereocenters. The molecule has 0 amide bonds. The van der Waals surface area contributed by atoms with Crippen molar-refractivity contribution in [1.82, 2.24) is 4.98 Å². The quantitative estimate of drug-likeness (QED) is 0.783. The highest BCUT2D eigenvalue weighted by Crippen LogP contribution is 2.39. The topological polar surface area (TPSA) is 48.4 Å². The van der Waals surface area contributed by atoms with Gasteiger partial charge in [-0.05, 0) is 25.5 Å². The Morgan fingerprint density at radius 1 is 1.27 bits per heavy atom. The van der Waals surface area contributed by atoms with Crippen molar-refractivity contribution in [1.29, 1.82) is 0 Å².